The fraction of sp³-hybridized carbons (Fsp3) is 1.00. The van der Waals surface area contributed by atoms with Crippen molar-refractivity contribution in [3.8, 4) is 0 Å². The summed E-state index contributed by atoms with van der Waals surface area (Å²) < 4.78 is 19.3. The summed E-state index contributed by atoms with van der Waals surface area (Å²) in [4.78, 5) is 14.5. The molecule has 6 rings (SSSR count). The lowest BCUT2D eigenvalue weighted by molar-refractivity contribution is -0.580. The molecule has 7 heteroatoms. The van der Waals surface area contributed by atoms with Crippen molar-refractivity contribution in [1.29, 1.82) is 0 Å². The van der Waals surface area contributed by atoms with Crippen LogP contribution in [0.15, 0.2) is 0 Å². The predicted octanol–water partition coefficient (Wildman–Crippen LogP) is 2.26. The van der Waals surface area contributed by atoms with E-state index < -0.39 is 23.5 Å². The molecule has 0 amide bonds. The molecule has 5 saturated heterocycles. The maximum Gasteiger partial charge on any atom is 0.201 e. The van der Waals surface area contributed by atoms with Gasteiger partial charge in [0.25, 0.3) is 0 Å². The molecule has 1 unspecified atom stereocenters. The highest BCUT2D eigenvalue weighted by Gasteiger charge is 2.69. The van der Waals surface area contributed by atoms with Crippen LogP contribution in [-0.4, -0.2) is 67.7 Å². The third-order valence-corrected chi connectivity index (χ3v) is 7.87. The molecular weight excluding hydrogens is 360 g/mol. The van der Waals surface area contributed by atoms with Crippen molar-refractivity contribution in [3.05, 3.63) is 0 Å². The van der Waals surface area contributed by atoms with E-state index in [-0.39, 0.29) is 0 Å². The summed E-state index contributed by atoms with van der Waals surface area (Å²) in [6.07, 6.45) is 4.64. The van der Waals surface area contributed by atoms with Crippen LogP contribution in [0.4, 0.5) is 0 Å². The summed E-state index contributed by atoms with van der Waals surface area (Å²) in [5, 5.41) is 3.40. The first-order valence-electron chi connectivity index (χ1n) is 11.2. The number of nitrogens with zero attached hydrogens (tertiary/aromatic N) is 1. The van der Waals surface area contributed by atoms with Crippen LogP contribution >= 0.6 is 0 Å². The van der Waals surface area contributed by atoms with Gasteiger partial charge < -0.3 is 19.5 Å². The highest BCUT2D eigenvalue weighted by molar-refractivity contribution is 5.08. The third kappa shape index (κ3) is 3.23. The van der Waals surface area contributed by atoms with Crippen molar-refractivity contribution in [1.82, 2.24) is 10.2 Å². The van der Waals surface area contributed by atoms with E-state index in [4.69, 9.17) is 24.0 Å². The monoisotopic (exact) mass is 396 g/mol. The Labute approximate surface area is 168 Å². The highest BCUT2D eigenvalue weighted by Crippen LogP contribution is 2.60. The molecule has 1 aliphatic carbocycles. The molecule has 0 aromatic carbocycles. The van der Waals surface area contributed by atoms with E-state index in [0.717, 1.165) is 58.4 Å². The molecule has 6 fully saturated rings. The first kappa shape index (κ1) is 19.7. The summed E-state index contributed by atoms with van der Waals surface area (Å²) in [5.41, 5.74) is -0.491. The molecule has 5 aliphatic heterocycles. The van der Waals surface area contributed by atoms with Gasteiger partial charge in [0.15, 0.2) is 17.7 Å². The minimum atomic E-state index is -0.726. The minimum Gasteiger partial charge on any atom is -0.349 e. The molecule has 7 nitrogen and oxygen atoms in total. The molecule has 160 valence electrons. The van der Waals surface area contributed by atoms with Crippen LogP contribution < -0.4 is 5.32 Å². The fourth-order valence-corrected chi connectivity index (χ4v) is 6.22. The fourth-order valence-electron chi connectivity index (χ4n) is 6.22. The molecule has 1 saturated carbocycles. The van der Waals surface area contributed by atoms with Crippen molar-refractivity contribution >= 4 is 0 Å². The molecule has 1 N–H and O–H groups in total. The standard InChI is InChI=1S/C21H36N2O5/c1-15-4-5-16-14-20(3,24-13-12-23-10-8-22-9-11-23)26-18-21(16)17(15)6-7-19(2,25-18)27-28-21/h15-18,22H,4-14H2,1-3H3/t15-,16+,17?,18+,19+,20+,21+/m1/s1. The maximum absolute atomic E-state index is 6.54. The number of nitrogens with one attached hydrogen (secondary N) is 1. The zero-order valence-corrected chi connectivity index (χ0v) is 17.6. The Balaban J connectivity index is 1.32. The van der Waals surface area contributed by atoms with Gasteiger partial charge in [-0.05, 0) is 44.9 Å². The SMILES string of the molecule is C[C@@H]1CC[C@H]2C[C@@](C)(OCCN3CCNCC3)O[C@@H]3O[C@]4(C)CCC1[C@@]23OO4. The van der Waals surface area contributed by atoms with Gasteiger partial charge in [-0.2, -0.15) is 0 Å². The Morgan fingerprint density at radius 3 is 2.71 bits per heavy atom. The van der Waals surface area contributed by atoms with Gasteiger partial charge in [0, 0.05) is 51.5 Å². The molecule has 7 atom stereocenters. The Hall–Kier alpha value is -0.280. The van der Waals surface area contributed by atoms with E-state index in [0.29, 0.717) is 24.4 Å². The third-order valence-electron chi connectivity index (χ3n) is 7.87. The van der Waals surface area contributed by atoms with Crippen molar-refractivity contribution in [2.75, 3.05) is 39.3 Å². The zero-order valence-electron chi connectivity index (χ0n) is 17.6. The molecule has 0 aromatic heterocycles. The summed E-state index contributed by atoms with van der Waals surface area (Å²) in [6, 6.07) is 0. The average Bonchev–Trinajstić information content (AvgIpc) is 2.90. The van der Waals surface area contributed by atoms with Crippen LogP contribution in [0, 0.1) is 17.8 Å². The number of hydrogen-bond acceptors (Lipinski definition) is 7. The summed E-state index contributed by atoms with van der Waals surface area (Å²) in [5.74, 6) is -0.0289. The first-order chi connectivity index (χ1) is 13.4. The Morgan fingerprint density at radius 2 is 1.89 bits per heavy atom. The lowest BCUT2D eigenvalue weighted by Crippen LogP contribution is -2.70. The highest BCUT2D eigenvalue weighted by atomic mass is 17.3. The van der Waals surface area contributed by atoms with Crippen molar-refractivity contribution in [3.63, 3.8) is 0 Å². The van der Waals surface area contributed by atoms with Crippen molar-refractivity contribution in [2.45, 2.75) is 76.3 Å². The van der Waals surface area contributed by atoms with E-state index in [9.17, 15) is 0 Å². The number of piperazine rings is 1. The second-order valence-electron chi connectivity index (χ2n) is 9.90. The molecule has 6 aliphatic rings. The van der Waals surface area contributed by atoms with Crippen LogP contribution in [0.1, 0.15) is 52.9 Å². The Morgan fingerprint density at radius 1 is 1.07 bits per heavy atom. The largest absolute Gasteiger partial charge is 0.349 e. The van der Waals surface area contributed by atoms with Gasteiger partial charge in [0.05, 0.1) is 6.61 Å². The molecule has 1 spiro atoms. The molecule has 0 aromatic rings. The van der Waals surface area contributed by atoms with Crippen LogP contribution in [0.3, 0.4) is 0 Å². The van der Waals surface area contributed by atoms with E-state index in [1.165, 1.54) is 6.42 Å². The smallest absolute Gasteiger partial charge is 0.201 e. The number of ether oxygens (including phenoxy) is 3. The maximum atomic E-state index is 6.54. The van der Waals surface area contributed by atoms with Gasteiger partial charge in [-0.3, -0.25) is 4.90 Å². The zero-order chi connectivity index (χ0) is 19.4. The molecular formula is C21H36N2O5. The predicted molar refractivity (Wildman–Crippen MR) is 102 cm³/mol. The number of rotatable bonds is 4. The van der Waals surface area contributed by atoms with E-state index in [2.05, 4.69) is 24.1 Å². The second kappa shape index (κ2) is 7.15. The molecule has 28 heavy (non-hydrogen) atoms. The second-order valence-corrected chi connectivity index (χ2v) is 9.90. The van der Waals surface area contributed by atoms with E-state index in [1.54, 1.807) is 0 Å². The molecule has 2 bridgehead atoms. The Kier molecular flexibility index (Phi) is 5.02. The van der Waals surface area contributed by atoms with Gasteiger partial charge in [0.2, 0.25) is 5.79 Å². The van der Waals surface area contributed by atoms with E-state index >= 15 is 0 Å². The van der Waals surface area contributed by atoms with Crippen LogP contribution in [0.2, 0.25) is 0 Å². The quantitative estimate of drug-likeness (QED) is 0.732. The topological polar surface area (TPSA) is 61.4 Å². The van der Waals surface area contributed by atoms with Crippen LogP contribution in [-0.2, 0) is 24.0 Å². The summed E-state index contributed by atoms with van der Waals surface area (Å²) >= 11 is 0. The van der Waals surface area contributed by atoms with Gasteiger partial charge >= 0.3 is 0 Å². The van der Waals surface area contributed by atoms with Crippen LogP contribution in [0.25, 0.3) is 0 Å². The molecule has 5 heterocycles. The normalized spacial score (nSPS) is 51.5. The van der Waals surface area contributed by atoms with Gasteiger partial charge in [-0.15, -0.1) is 0 Å². The van der Waals surface area contributed by atoms with Crippen molar-refractivity contribution < 1.29 is 24.0 Å². The first-order valence-corrected chi connectivity index (χ1v) is 11.2. The summed E-state index contributed by atoms with van der Waals surface area (Å²) in [6.45, 7) is 12.3. The van der Waals surface area contributed by atoms with Gasteiger partial charge in [0.1, 0.15) is 0 Å². The Bertz CT molecular complexity index is 583. The average molecular weight is 397 g/mol. The number of hydrogen-bond donors (Lipinski definition) is 1. The van der Waals surface area contributed by atoms with Crippen LogP contribution in [0.5, 0.6) is 0 Å². The van der Waals surface area contributed by atoms with E-state index in [1.807, 2.05) is 6.92 Å². The van der Waals surface area contributed by atoms with Gasteiger partial charge in [-0.1, -0.05) is 6.92 Å². The lowest BCUT2D eigenvalue weighted by atomic mass is 9.60. The molecule has 0 radical (unpaired) electrons. The number of fused-ring (bicyclic) bond motifs is 2. The van der Waals surface area contributed by atoms with Gasteiger partial charge in [-0.25, -0.2) is 9.78 Å². The summed E-state index contributed by atoms with van der Waals surface area (Å²) in [7, 11) is 0. The van der Waals surface area contributed by atoms with Crippen molar-refractivity contribution in [2.24, 2.45) is 17.8 Å². The minimum absolute atomic E-state index is 0.333. The lowest BCUT2D eigenvalue weighted by Gasteiger charge is -2.60.